The standard InChI is InChI=1S/C15H16F3N3O3/c16-15(17,18)8-24-12-4-1-10(6-19-12)20-14(23)9-5-13(22)21(7-9)11-2-3-11/h1,4,6,9,11H,2-3,5,7-8H2,(H,20,23)/t9-/m1/s1. The van der Waals surface area contributed by atoms with Crippen LogP contribution in [0.1, 0.15) is 19.3 Å². The van der Waals surface area contributed by atoms with Gasteiger partial charge in [-0.05, 0) is 18.9 Å². The fourth-order valence-corrected chi connectivity index (χ4v) is 2.59. The molecule has 2 heterocycles. The summed E-state index contributed by atoms with van der Waals surface area (Å²) in [6, 6.07) is 2.94. The summed E-state index contributed by atoms with van der Waals surface area (Å²) in [7, 11) is 0. The molecule has 0 aromatic carbocycles. The van der Waals surface area contributed by atoms with E-state index >= 15 is 0 Å². The molecular weight excluding hydrogens is 327 g/mol. The Balaban J connectivity index is 1.52. The first kappa shape index (κ1) is 16.5. The van der Waals surface area contributed by atoms with E-state index in [9.17, 15) is 22.8 Å². The van der Waals surface area contributed by atoms with Gasteiger partial charge in [0.2, 0.25) is 17.7 Å². The second-order valence-electron chi connectivity index (χ2n) is 5.96. The molecule has 1 aromatic rings. The topological polar surface area (TPSA) is 71.5 Å². The van der Waals surface area contributed by atoms with Crippen LogP contribution in [0.15, 0.2) is 18.3 Å². The second-order valence-corrected chi connectivity index (χ2v) is 5.96. The zero-order valence-electron chi connectivity index (χ0n) is 12.7. The fourth-order valence-electron chi connectivity index (χ4n) is 2.59. The number of nitrogens with one attached hydrogen (secondary N) is 1. The Bertz CT molecular complexity index is 629. The van der Waals surface area contributed by atoms with Gasteiger partial charge in [0.15, 0.2) is 6.61 Å². The minimum atomic E-state index is -4.43. The molecule has 1 aliphatic carbocycles. The lowest BCUT2D eigenvalue weighted by Gasteiger charge is -2.15. The van der Waals surface area contributed by atoms with Crippen LogP contribution in [0.25, 0.3) is 0 Å². The number of nitrogens with zero attached hydrogens (tertiary/aromatic N) is 2. The van der Waals surface area contributed by atoms with Crippen LogP contribution in [0.3, 0.4) is 0 Å². The van der Waals surface area contributed by atoms with Crippen LogP contribution in [0.4, 0.5) is 18.9 Å². The highest BCUT2D eigenvalue weighted by molar-refractivity contribution is 5.97. The first-order valence-corrected chi connectivity index (χ1v) is 7.58. The molecule has 0 unspecified atom stereocenters. The van der Waals surface area contributed by atoms with Gasteiger partial charge in [-0.2, -0.15) is 13.2 Å². The van der Waals surface area contributed by atoms with Crippen LogP contribution in [-0.2, 0) is 9.59 Å². The number of rotatable bonds is 5. The molecule has 1 saturated heterocycles. The molecule has 3 rings (SSSR count). The molecule has 1 atom stereocenters. The van der Waals surface area contributed by atoms with E-state index < -0.39 is 18.7 Å². The SMILES string of the molecule is O=C(Nc1ccc(OCC(F)(F)F)nc1)[C@@H]1CC(=O)N(C2CC2)C1. The van der Waals surface area contributed by atoms with E-state index in [4.69, 9.17) is 0 Å². The van der Waals surface area contributed by atoms with Crippen LogP contribution in [0.5, 0.6) is 5.88 Å². The number of carbonyl (C=O) groups is 2. The summed E-state index contributed by atoms with van der Waals surface area (Å²) >= 11 is 0. The first-order valence-electron chi connectivity index (χ1n) is 7.58. The minimum absolute atomic E-state index is 0.00771. The van der Waals surface area contributed by atoms with Gasteiger partial charge >= 0.3 is 6.18 Å². The maximum absolute atomic E-state index is 12.2. The number of likely N-dealkylation sites (tertiary alicyclic amines) is 1. The lowest BCUT2D eigenvalue weighted by atomic mass is 10.1. The van der Waals surface area contributed by atoms with Gasteiger partial charge in [0.05, 0.1) is 17.8 Å². The van der Waals surface area contributed by atoms with Crippen LogP contribution in [0, 0.1) is 5.92 Å². The first-order chi connectivity index (χ1) is 11.3. The fraction of sp³-hybridized carbons (Fsp3) is 0.533. The van der Waals surface area contributed by atoms with Gasteiger partial charge in [-0.3, -0.25) is 9.59 Å². The van der Waals surface area contributed by atoms with Crippen molar-refractivity contribution in [2.24, 2.45) is 5.92 Å². The van der Waals surface area contributed by atoms with E-state index in [0.717, 1.165) is 12.8 Å². The zero-order valence-corrected chi connectivity index (χ0v) is 12.7. The molecule has 1 saturated carbocycles. The summed E-state index contributed by atoms with van der Waals surface area (Å²) in [5.74, 6) is -0.899. The number of carbonyl (C=O) groups excluding carboxylic acids is 2. The molecule has 0 radical (unpaired) electrons. The van der Waals surface area contributed by atoms with Gasteiger partial charge in [0.1, 0.15) is 0 Å². The zero-order chi connectivity index (χ0) is 17.3. The van der Waals surface area contributed by atoms with Crippen LogP contribution < -0.4 is 10.1 Å². The van der Waals surface area contributed by atoms with Crippen molar-refractivity contribution in [2.75, 3.05) is 18.5 Å². The highest BCUT2D eigenvalue weighted by Gasteiger charge is 2.41. The molecule has 0 bridgehead atoms. The molecule has 0 spiro atoms. The predicted molar refractivity (Wildman–Crippen MR) is 77.3 cm³/mol. The molecule has 130 valence electrons. The normalized spacial score (nSPS) is 21.0. The summed E-state index contributed by atoms with van der Waals surface area (Å²) in [5.41, 5.74) is 0.344. The Hall–Kier alpha value is -2.32. The van der Waals surface area contributed by atoms with Gasteiger partial charge in [-0.15, -0.1) is 0 Å². The van der Waals surface area contributed by atoms with Crippen molar-refractivity contribution in [1.82, 2.24) is 9.88 Å². The molecule has 2 amide bonds. The number of hydrogen-bond acceptors (Lipinski definition) is 4. The largest absolute Gasteiger partial charge is 0.468 e. The third-order valence-corrected chi connectivity index (χ3v) is 3.90. The lowest BCUT2D eigenvalue weighted by Crippen LogP contribution is -2.29. The molecule has 1 aliphatic heterocycles. The number of hydrogen-bond donors (Lipinski definition) is 1. The van der Waals surface area contributed by atoms with E-state index in [1.807, 2.05) is 0 Å². The number of ether oxygens (including phenoxy) is 1. The van der Waals surface area contributed by atoms with E-state index in [1.165, 1.54) is 18.3 Å². The number of halogens is 3. The lowest BCUT2D eigenvalue weighted by molar-refractivity contribution is -0.154. The molecule has 1 N–H and O–H groups in total. The van der Waals surface area contributed by atoms with E-state index in [1.54, 1.807) is 4.90 Å². The Labute approximate surface area is 136 Å². The Morgan fingerprint density at radius 3 is 2.71 bits per heavy atom. The average molecular weight is 343 g/mol. The molecule has 1 aromatic heterocycles. The summed E-state index contributed by atoms with van der Waals surface area (Å²) in [4.78, 5) is 29.5. The monoisotopic (exact) mass is 343 g/mol. The van der Waals surface area contributed by atoms with Gasteiger partial charge < -0.3 is 15.0 Å². The maximum atomic E-state index is 12.2. The van der Waals surface area contributed by atoms with Gasteiger partial charge in [-0.25, -0.2) is 4.98 Å². The quantitative estimate of drug-likeness (QED) is 0.887. The van der Waals surface area contributed by atoms with E-state index in [-0.39, 0.29) is 30.2 Å². The van der Waals surface area contributed by atoms with Gasteiger partial charge in [0, 0.05) is 25.1 Å². The summed E-state index contributed by atoms with van der Waals surface area (Å²) in [6.45, 7) is -1.01. The Morgan fingerprint density at radius 1 is 1.38 bits per heavy atom. The molecule has 24 heavy (non-hydrogen) atoms. The van der Waals surface area contributed by atoms with Crippen molar-refractivity contribution in [2.45, 2.75) is 31.5 Å². The van der Waals surface area contributed by atoms with Crippen molar-refractivity contribution >= 4 is 17.5 Å². The highest BCUT2D eigenvalue weighted by Crippen LogP contribution is 2.33. The molecular formula is C15H16F3N3O3. The van der Waals surface area contributed by atoms with Crippen molar-refractivity contribution < 1.29 is 27.5 Å². The molecule has 2 aliphatic rings. The van der Waals surface area contributed by atoms with Crippen LogP contribution >= 0.6 is 0 Å². The average Bonchev–Trinajstić information content (AvgIpc) is 3.28. The summed E-state index contributed by atoms with van der Waals surface area (Å²) in [6.07, 6.45) is -1.05. The number of anilines is 1. The smallest absolute Gasteiger partial charge is 0.422 e. The third-order valence-electron chi connectivity index (χ3n) is 3.90. The third kappa shape index (κ3) is 4.15. The Morgan fingerprint density at radius 2 is 2.12 bits per heavy atom. The van der Waals surface area contributed by atoms with Crippen molar-refractivity contribution in [3.63, 3.8) is 0 Å². The summed E-state index contributed by atoms with van der Waals surface area (Å²) < 4.78 is 40.6. The molecule has 6 nitrogen and oxygen atoms in total. The molecule has 2 fully saturated rings. The van der Waals surface area contributed by atoms with Crippen molar-refractivity contribution in [1.29, 1.82) is 0 Å². The van der Waals surface area contributed by atoms with Crippen LogP contribution in [0.2, 0.25) is 0 Å². The summed E-state index contributed by atoms with van der Waals surface area (Å²) in [5, 5.41) is 2.63. The number of aromatic nitrogens is 1. The highest BCUT2D eigenvalue weighted by atomic mass is 19.4. The second kappa shape index (κ2) is 6.29. The van der Waals surface area contributed by atoms with E-state index in [0.29, 0.717) is 12.2 Å². The molecule has 9 heteroatoms. The van der Waals surface area contributed by atoms with E-state index in [2.05, 4.69) is 15.0 Å². The van der Waals surface area contributed by atoms with Crippen molar-refractivity contribution in [3.8, 4) is 5.88 Å². The van der Waals surface area contributed by atoms with Gasteiger partial charge in [-0.1, -0.05) is 0 Å². The predicted octanol–water partition coefficient (Wildman–Crippen LogP) is 1.97. The maximum Gasteiger partial charge on any atom is 0.422 e. The van der Waals surface area contributed by atoms with Crippen LogP contribution in [-0.4, -0.2) is 47.1 Å². The number of pyridine rings is 1. The number of alkyl halides is 3. The van der Waals surface area contributed by atoms with Crippen molar-refractivity contribution in [3.05, 3.63) is 18.3 Å². The van der Waals surface area contributed by atoms with Gasteiger partial charge in [0.25, 0.3) is 0 Å². The minimum Gasteiger partial charge on any atom is -0.468 e. The number of amides is 2. The Kier molecular flexibility index (Phi) is 4.33.